The van der Waals surface area contributed by atoms with Crippen LogP contribution in [0.15, 0.2) is 42.7 Å². The Morgan fingerprint density at radius 2 is 1.86 bits per heavy atom. The number of hydrogen-bond donors (Lipinski definition) is 4. The Morgan fingerprint density at radius 3 is 2.53 bits per heavy atom. The van der Waals surface area contributed by atoms with Crippen LogP contribution in [0, 0.1) is 12.8 Å². The molecule has 13 nitrogen and oxygen atoms in total. The monoisotopic (exact) mass is 595 g/mol. The largest absolute Gasteiger partial charge is 0.391 e. The van der Waals surface area contributed by atoms with Crippen molar-refractivity contribution in [2.45, 2.75) is 70.8 Å². The van der Waals surface area contributed by atoms with Crippen molar-refractivity contribution in [3.63, 3.8) is 0 Å². The second-order valence-corrected chi connectivity index (χ2v) is 11.4. The standard InChI is InChI=1S/C30H41N7O6/c1-4-20(3)27-30(43)37-16-22(38)13-24(37)29(42)33-23(12-21-8-6-5-7-9-21)28(41)31-10-11-35(17-25(39)34-27)26(40)18-36-15-19(2)14-32-36/h5-9,14-15,20,22-24,27,38H,4,10-13,16-18H2,1-3H3,(H,31,41)(H,33,42)(H,34,39)/t20-,22+,23-,24-,27-/m0/s1. The fourth-order valence-corrected chi connectivity index (χ4v) is 5.41. The van der Waals surface area contributed by atoms with Crippen molar-refractivity contribution in [3.05, 3.63) is 53.9 Å². The van der Waals surface area contributed by atoms with Gasteiger partial charge in [-0.1, -0.05) is 50.6 Å². The number of fused-ring (bicyclic) bond motifs is 1. The molecule has 1 aromatic carbocycles. The van der Waals surface area contributed by atoms with E-state index in [0.29, 0.717) is 6.42 Å². The number of carbonyl (C=O) groups excluding carboxylic acids is 5. The molecule has 0 radical (unpaired) electrons. The highest BCUT2D eigenvalue weighted by Gasteiger charge is 2.43. The van der Waals surface area contributed by atoms with E-state index in [4.69, 9.17) is 0 Å². The molecule has 13 heteroatoms. The molecule has 0 aliphatic carbocycles. The first-order valence-electron chi connectivity index (χ1n) is 14.7. The molecule has 5 amide bonds. The van der Waals surface area contributed by atoms with Gasteiger partial charge in [-0.3, -0.25) is 28.7 Å². The van der Waals surface area contributed by atoms with Gasteiger partial charge >= 0.3 is 0 Å². The maximum atomic E-state index is 13.8. The first kappa shape index (κ1) is 31.7. The van der Waals surface area contributed by atoms with Gasteiger partial charge < -0.3 is 30.9 Å². The second-order valence-electron chi connectivity index (χ2n) is 11.4. The molecular formula is C30H41N7O6. The van der Waals surface area contributed by atoms with Gasteiger partial charge in [-0.05, 0) is 24.0 Å². The molecule has 43 heavy (non-hydrogen) atoms. The van der Waals surface area contributed by atoms with E-state index in [2.05, 4.69) is 21.0 Å². The number of carbonyl (C=O) groups is 5. The van der Waals surface area contributed by atoms with Crippen molar-refractivity contribution in [1.82, 2.24) is 35.5 Å². The summed E-state index contributed by atoms with van der Waals surface area (Å²) in [6.45, 7) is 5.07. The quantitative estimate of drug-likeness (QED) is 0.345. The Hall–Kier alpha value is -4.26. The van der Waals surface area contributed by atoms with Gasteiger partial charge in [-0.25, -0.2) is 0 Å². The summed E-state index contributed by atoms with van der Waals surface area (Å²) in [6.07, 6.45) is 3.16. The third kappa shape index (κ3) is 8.19. The van der Waals surface area contributed by atoms with Crippen LogP contribution in [-0.4, -0.2) is 105 Å². The van der Waals surface area contributed by atoms with Crippen LogP contribution in [-0.2, 0) is 36.9 Å². The van der Waals surface area contributed by atoms with Gasteiger partial charge in [0.1, 0.15) is 24.7 Å². The van der Waals surface area contributed by atoms with Gasteiger partial charge in [0, 0.05) is 38.7 Å². The first-order valence-corrected chi connectivity index (χ1v) is 14.7. The molecule has 2 aliphatic rings. The molecule has 5 atom stereocenters. The fraction of sp³-hybridized carbons (Fsp3) is 0.533. The maximum absolute atomic E-state index is 13.8. The minimum atomic E-state index is -1.02. The van der Waals surface area contributed by atoms with E-state index >= 15 is 0 Å². The number of aryl methyl sites for hydroxylation is 1. The van der Waals surface area contributed by atoms with E-state index in [1.54, 1.807) is 12.4 Å². The lowest BCUT2D eigenvalue weighted by molar-refractivity contribution is -0.143. The van der Waals surface area contributed by atoms with Crippen LogP contribution in [0.2, 0.25) is 0 Å². The van der Waals surface area contributed by atoms with Crippen molar-refractivity contribution >= 4 is 29.5 Å². The van der Waals surface area contributed by atoms with Crippen molar-refractivity contribution in [2.75, 3.05) is 26.2 Å². The van der Waals surface area contributed by atoms with Crippen LogP contribution in [0.1, 0.15) is 37.8 Å². The van der Waals surface area contributed by atoms with E-state index in [-0.39, 0.29) is 57.4 Å². The van der Waals surface area contributed by atoms with Crippen LogP contribution in [0.25, 0.3) is 0 Å². The molecule has 0 spiro atoms. The zero-order valence-electron chi connectivity index (χ0n) is 24.9. The molecule has 2 aliphatic heterocycles. The normalized spacial score (nSPS) is 24.7. The number of benzene rings is 1. The maximum Gasteiger partial charge on any atom is 0.246 e. The van der Waals surface area contributed by atoms with Gasteiger partial charge in [0.05, 0.1) is 18.8 Å². The highest BCUT2D eigenvalue weighted by atomic mass is 16.3. The molecule has 0 unspecified atom stereocenters. The number of aliphatic hydroxyl groups is 1. The summed E-state index contributed by atoms with van der Waals surface area (Å²) in [7, 11) is 0. The van der Waals surface area contributed by atoms with Gasteiger partial charge in [0.25, 0.3) is 0 Å². The summed E-state index contributed by atoms with van der Waals surface area (Å²) >= 11 is 0. The lowest BCUT2D eigenvalue weighted by Crippen LogP contribution is -2.58. The van der Waals surface area contributed by atoms with Crippen molar-refractivity contribution in [3.8, 4) is 0 Å². The Balaban J connectivity index is 1.64. The zero-order valence-corrected chi connectivity index (χ0v) is 24.9. The summed E-state index contributed by atoms with van der Waals surface area (Å²) in [5, 5.41) is 23.0. The lowest BCUT2D eigenvalue weighted by Gasteiger charge is -2.32. The Labute approximate surface area is 251 Å². The smallest absolute Gasteiger partial charge is 0.246 e. The SMILES string of the molecule is CC[C@H](C)[C@@H]1NC(=O)CN(C(=O)Cn2cc(C)cn2)CCNC(=O)[C@H](Cc2ccccc2)NC(=O)[C@@H]2C[C@@H](O)CN2C1=O. The number of aromatic nitrogens is 2. The number of aliphatic hydroxyl groups excluding tert-OH is 1. The van der Waals surface area contributed by atoms with Crippen LogP contribution >= 0.6 is 0 Å². The predicted molar refractivity (Wildman–Crippen MR) is 156 cm³/mol. The molecule has 4 rings (SSSR count). The molecule has 4 N–H and O–H groups in total. The average molecular weight is 596 g/mol. The molecule has 1 aromatic heterocycles. The molecule has 0 bridgehead atoms. The summed E-state index contributed by atoms with van der Waals surface area (Å²) in [4.78, 5) is 70.0. The number of amides is 5. The van der Waals surface area contributed by atoms with E-state index in [9.17, 15) is 29.1 Å². The van der Waals surface area contributed by atoms with E-state index in [1.807, 2.05) is 51.1 Å². The highest BCUT2D eigenvalue weighted by molar-refractivity contribution is 5.95. The van der Waals surface area contributed by atoms with E-state index < -0.39 is 47.9 Å². The predicted octanol–water partition coefficient (Wildman–Crippen LogP) is -0.630. The Bertz CT molecular complexity index is 1320. The van der Waals surface area contributed by atoms with Crippen molar-refractivity contribution in [1.29, 1.82) is 0 Å². The van der Waals surface area contributed by atoms with Gasteiger partial charge in [0.2, 0.25) is 29.5 Å². The average Bonchev–Trinajstić information content (AvgIpc) is 3.58. The summed E-state index contributed by atoms with van der Waals surface area (Å²) < 4.78 is 1.47. The minimum Gasteiger partial charge on any atom is -0.391 e. The number of rotatable bonds is 6. The molecule has 0 saturated carbocycles. The molecule has 3 heterocycles. The Kier molecular flexibility index (Phi) is 10.5. The third-order valence-electron chi connectivity index (χ3n) is 8.00. The highest BCUT2D eigenvalue weighted by Crippen LogP contribution is 2.22. The number of hydrogen-bond acceptors (Lipinski definition) is 7. The van der Waals surface area contributed by atoms with Crippen LogP contribution in [0.4, 0.5) is 0 Å². The Morgan fingerprint density at radius 1 is 1.12 bits per heavy atom. The molecular weight excluding hydrogens is 554 g/mol. The molecule has 232 valence electrons. The van der Waals surface area contributed by atoms with Gasteiger partial charge in [0.15, 0.2) is 0 Å². The van der Waals surface area contributed by atoms with Gasteiger partial charge in [-0.15, -0.1) is 0 Å². The topological polar surface area (TPSA) is 166 Å². The van der Waals surface area contributed by atoms with Gasteiger partial charge in [-0.2, -0.15) is 5.10 Å². The van der Waals surface area contributed by atoms with E-state index in [0.717, 1.165) is 11.1 Å². The van der Waals surface area contributed by atoms with Crippen molar-refractivity contribution in [2.24, 2.45) is 5.92 Å². The summed E-state index contributed by atoms with van der Waals surface area (Å²) in [5.74, 6) is -2.76. The molecule has 2 fully saturated rings. The van der Waals surface area contributed by atoms with Crippen LogP contribution in [0.5, 0.6) is 0 Å². The summed E-state index contributed by atoms with van der Waals surface area (Å²) in [6, 6.07) is 6.23. The second kappa shape index (κ2) is 14.3. The minimum absolute atomic E-state index is 0.00754. The van der Waals surface area contributed by atoms with Crippen molar-refractivity contribution < 1.29 is 29.1 Å². The molecule has 2 aromatic rings. The van der Waals surface area contributed by atoms with E-state index in [1.165, 1.54) is 14.5 Å². The van der Waals surface area contributed by atoms with Crippen LogP contribution in [0.3, 0.4) is 0 Å². The lowest BCUT2D eigenvalue weighted by atomic mass is 9.97. The number of nitrogens with one attached hydrogen (secondary N) is 3. The first-order chi connectivity index (χ1) is 20.5. The van der Waals surface area contributed by atoms with Crippen LogP contribution < -0.4 is 16.0 Å². The molecule has 2 saturated heterocycles. The number of nitrogens with zero attached hydrogens (tertiary/aromatic N) is 4. The zero-order chi connectivity index (χ0) is 31.1. The third-order valence-corrected chi connectivity index (χ3v) is 8.00. The summed E-state index contributed by atoms with van der Waals surface area (Å²) in [5.41, 5.74) is 1.69. The fourth-order valence-electron chi connectivity index (χ4n) is 5.41.